The molecule has 4 rings (SSSR count). The van der Waals surface area contributed by atoms with Crippen LogP contribution in [0.1, 0.15) is 23.7 Å². The number of nitrogens with zero attached hydrogens (tertiary/aromatic N) is 2. The molecule has 5 nitrogen and oxygen atoms in total. The number of hydrogen-bond donors (Lipinski definition) is 1. The molecule has 3 heterocycles. The van der Waals surface area contributed by atoms with E-state index in [9.17, 15) is 9.50 Å². The van der Waals surface area contributed by atoms with Crippen molar-refractivity contribution in [3.63, 3.8) is 0 Å². The molecule has 124 valence electrons. The Kier molecular flexibility index (Phi) is 3.92. The molecule has 0 unspecified atom stereocenters. The van der Waals surface area contributed by atoms with Gasteiger partial charge in [0.05, 0.1) is 18.1 Å². The Morgan fingerprint density at radius 1 is 1.21 bits per heavy atom. The fourth-order valence-electron chi connectivity index (χ4n) is 3.24. The van der Waals surface area contributed by atoms with E-state index in [2.05, 4.69) is 10.1 Å². The lowest BCUT2D eigenvalue weighted by atomic mass is 10.0. The number of rotatable bonds is 4. The van der Waals surface area contributed by atoms with Gasteiger partial charge in [0.25, 0.3) is 0 Å². The summed E-state index contributed by atoms with van der Waals surface area (Å²) in [5, 5.41) is 14.1. The molecule has 1 fully saturated rings. The van der Waals surface area contributed by atoms with Crippen molar-refractivity contribution < 1.29 is 18.4 Å². The predicted octanol–water partition coefficient (Wildman–Crippen LogP) is 3.38. The topological polar surface area (TPSA) is 62.6 Å². The van der Waals surface area contributed by atoms with Crippen LogP contribution in [0.2, 0.25) is 0 Å². The third kappa shape index (κ3) is 2.98. The highest BCUT2D eigenvalue weighted by Gasteiger charge is 2.32. The molecule has 24 heavy (non-hydrogen) atoms. The Morgan fingerprint density at radius 2 is 2.12 bits per heavy atom. The van der Waals surface area contributed by atoms with Crippen molar-refractivity contribution in [1.29, 1.82) is 0 Å². The van der Waals surface area contributed by atoms with Gasteiger partial charge in [-0.15, -0.1) is 0 Å². The van der Waals surface area contributed by atoms with Crippen molar-refractivity contribution >= 4 is 0 Å². The third-order valence-corrected chi connectivity index (χ3v) is 4.30. The van der Waals surface area contributed by atoms with Gasteiger partial charge >= 0.3 is 0 Å². The first-order chi connectivity index (χ1) is 11.7. The van der Waals surface area contributed by atoms with Crippen molar-refractivity contribution in [2.75, 3.05) is 6.54 Å². The summed E-state index contributed by atoms with van der Waals surface area (Å²) in [5.41, 5.74) is 1.61. The average molecular weight is 328 g/mol. The maximum absolute atomic E-state index is 13.5. The normalized spacial score (nSPS) is 21.4. The van der Waals surface area contributed by atoms with Crippen LogP contribution in [0.4, 0.5) is 4.39 Å². The van der Waals surface area contributed by atoms with Crippen LogP contribution >= 0.6 is 0 Å². The second kappa shape index (κ2) is 6.22. The van der Waals surface area contributed by atoms with Gasteiger partial charge in [-0.05, 0) is 36.2 Å². The first kappa shape index (κ1) is 15.1. The van der Waals surface area contributed by atoms with E-state index in [1.165, 1.54) is 12.1 Å². The van der Waals surface area contributed by atoms with Crippen LogP contribution in [0.25, 0.3) is 11.5 Å². The van der Waals surface area contributed by atoms with E-state index in [4.69, 9.17) is 8.94 Å². The van der Waals surface area contributed by atoms with Gasteiger partial charge in [0.2, 0.25) is 5.76 Å². The summed E-state index contributed by atoms with van der Waals surface area (Å²) in [6, 6.07) is 11.9. The Balaban J connectivity index is 1.54. The van der Waals surface area contributed by atoms with E-state index in [1.807, 2.05) is 12.1 Å². The Hall–Kier alpha value is -2.44. The van der Waals surface area contributed by atoms with E-state index < -0.39 is 6.10 Å². The number of aliphatic hydroxyl groups excluding tert-OH is 1. The first-order valence-corrected chi connectivity index (χ1v) is 7.86. The average Bonchev–Trinajstić information content (AvgIpc) is 3.28. The minimum atomic E-state index is -0.435. The molecule has 1 N–H and O–H groups in total. The van der Waals surface area contributed by atoms with Crippen LogP contribution < -0.4 is 0 Å². The molecule has 2 atom stereocenters. The van der Waals surface area contributed by atoms with Crippen LogP contribution in [0.15, 0.2) is 57.7 Å². The summed E-state index contributed by atoms with van der Waals surface area (Å²) >= 11 is 0. The second-order valence-corrected chi connectivity index (χ2v) is 6.05. The first-order valence-electron chi connectivity index (χ1n) is 7.86. The molecule has 6 heteroatoms. The standard InChI is InChI=1S/C18H17FN2O3/c19-13-4-1-3-12(7-13)16-9-15(22)11-21(16)10-14-8-18(24-20-14)17-5-2-6-23-17/h1-8,15-16,22H,9-11H2/t15-,16+/m0/s1. The highest BCUT2D eigenvalue weighted by Crippen LogP contribution is 2.34. The number of aromatic nitrogens is 1. The fraction of sp³-hybridized carbons (Fsp3) is 0.278. The van der Waals surface area contributed by atoms with Crippen molar-refractivity contribution in [2.45, 2.75) is 25.1 Å². The van der Waals surface area contributed by atoms with Crippen molar-refractivity contribution in [2.24, 2.45) is 0 Å². The number of benzene rings is 1. The second-order valence-electron chi connectivity index (χ2n) is 6.05. The van der Waals surface area contributed by atoms with Gasteiger partial charge in [0.15, 0.2) is 5.76 Å². The molecular formula is C18H17FN2O3. The Bertz CT molecular complexity index is 815. The summed E-state index contributed by atoms with van der Waals surface area (Å²) in [7, 11) is 0. The van der Waals surface area contributed by atoms with Crippen molar-refractivity contribution in [3.8, 4) is 11.5 Å². The summed E-state index contributed by atoms with van der Waals surface area (Å²) in [6.45, 7) is 1.03. The van der Waals surface area contributed by atoms with Crippen LogP contribution in [0.5, 0.6) is 0 Å². The lowest BCUT2D eigenvalue weighted by Crippen LogP contribution is -2.24. The molecule has 0 radical (unpaired) electrons. The van der Waals surface area contributed by atoms with E-state index in [-0.39, 0.29) is 11.9 Å². The molecule has 1 aliphatic heterocycles. The molecular weight excluding hydrogens is 311 g/mol. The zero-order chi connectivity index (χ0) is 16.5. The van der Waals surface area contributed by atoms with E-state index in [0.717, 1.165) is 11.3 Å². The zero-order valence-electron chi connectivity index (χ0n) is 12.9. The summed E-state index contributed by atoms with van der Waals surface area (Å²) in [6.07, 6.45) is 1.72. The molecule has 1 aromatic carbocycles. The number of furan rings is 1. The number of hydrogen-bond acceptors (Lipinski definition) is 5. The largest absolute Gasteiger partial charge is 0.461 e. The minimum Gasteiger partial charge on any atom is -0.461 e. The lowest BCUT2D eigenvalue weighted by molar-refractivity contribution is 0.171. The molecule has 0 bridgehead atoms. The van der Waals surface area contributed by atoms with Crippen LogP contribution in [0, 0.1) is 5.82 Å². The lowest BCUT2D eigenvalue weighted by Gasteiger charge is -2.23. The fourth-order valence-corrected chi connectivity index (χ4v) is 3.24. The van der Waals surface area contributed by atoms with Crippen LogP contribution in [0.3, 0.4) is 0 Å². The molecule has 2 aromatic heterocycles. The van der Waals surface area contributed by atoms with Gasteiger partial charge in [0, 0.05) is 25.2 Å². The predicted molar refractivity (Wildman–Crippen MR) is 84.4 cm³/mol. The number of aliphatic hydroxyl groups is 1. The summed E-state index contributed by atoms with van der Waals surface area (Å²) < 4.78 is 24.1. The minimum absolute atomic E-state index is 0.0422. The van der Waals surface area contributed by atoms with Crippen LogP contribution in [-0.4, -0.2) is 27.8 Å². The smallest absolute Gasteiger partial charge is 0.202 e. The Labute approximate surface area is 138 Å². The SMILES string of the molecule is O[C@H]1C[C@H](c2cccc(F)c2)N(Cc2cc(-c3ccco3)on2)C1. The molecule has 0 spiro atoms. The maximum atomic E-state index is 13.5. The number of β-amino-alcohol motifs (C(OH)–C–C–N with tert-alkyl or cyclic N) is 1. The van der Waals surface area contributed by atoms with Gasteiger partial charge in [-0.2, -0.15) is 0 Å². The molecule has 1 saturated heterocycles. The van der Waals surface area contributed by atoms with Gasteiger partial charge in [0.1, 0.15) is 5.82 Å². The van der Waals surface area contributed by atoms with E-state index in [0.29, 0.717) is 31.0 Å². The molecule has 0 saturated carbocycles. The van der Waals surface area contributed by atoms with E-state index >= 15 is 0 Å². The quantitative estimate of drug-likeness (QED) is 0.795. The number of halogens is 1. The highest BCUT2D eigenvalue weighted by molar-refractivity contribution is 5.49. The molecule has 1 aliphatic rings. The van der Waals surface area contributed by atoms with Crippen molar-refractivity contribution in [3.05, 3.63) is 65.8 Å². The summed E-state index contributed by atoms with van der Waals surface area (Å²) in [5.74, 6) is 0.921. The molecule has 3 aromatic rings. The third-order valence-electron chi connectivity index (χ3n) is 4.30. The van der Waals surface area contributed by atoms with Gasteiger partial charge < -0.3 is 14.0 Å². The zero-order valence-corrected chi connectivity index (χ0v) is 12.9. The van der Waals surface area contributed by atoms with Crippen molar-refractivity contribution in [1.82, 2.24) is 10.1 Å². The monoisotopic (exact) mass is 328 g/mol. The van der Waals surface area contributed by atoms with Gasteiger partial charge in [-0.1, -0.05) is 17.3 Å². The molecule has 0 aliphatic carbocycles. The molecule has 0 amide bonds. The summed E-state index contributed by atoms with van der Waals surface area (Å²) in [4.78, 5) is 2.09. The van der Waals surface area contributed by atoms with Gasteiger partial charge in [-0.3, -0.25) is 4.90 Å². The highest BCUT2D eigenvalue weighted by atomic mass is 19.1. The van der Waals surface area contributed by atoms with E-state index in [1.54, 1.807) is 24.5 Å². The maximum Gasteiger partial charge on any atom is 0.202 e. The Morgan fingerprint density at radius 3 is 2.92 bits per heavy atom. The number of likely N-dealkylation sites (tertiary alicyclic amines) is 1. The van der Waals surface area contributed by atoms with Gasteiger partial charge in [-0.25, -0.2) is 4.39 Å². The van der Waals surface area contributed by atoms with Crippen LogP contribution in [-0.2, 0) is 6.54 Å².